The standard InChI is InChI=1S/C25H22N4O5/c1-33-18-10-7-16-13-29(22(30)19(16)12-18)14-25(23(31)27-24(32)28-25)17-8-5-15(6-9-17)21-20(34-2)4-3-11-26-21/h3-13,30H,14H2,1-2H3,(H2,27,28,31,32)/t25-/m0/s1. The predicted octanol–water partition coefficient (Wildman–Crippen LogP) is 3.16. The number of pyridine rings is 1. The number of rotatable bonds is 6. The van der Waals surface area contributed by atoms with Crippen molar-refractivity contribution in [3.8, 4) is 28.6 Å². The summed E-state index contributed by atoms with van der Waals surface area (Å²) >= 11 is 0. The molecule has 5 rings (SSSR count). The van der Waals surface area contributed by atoms with Gasteiger partial charge in [-0.15, -0.1) is 0 Å². The fraction of sp³-hybridized carbons (Fsp3) is 0.160. The summed E-state index contributed by atoms with van der Waals surface area (Å²) in [6, 6.07) is 15.5. The third kappa shape index (κ3) is 3.38. The number of nitrogens with zero attached hydrogens (tertiary/aromatic N) is 2. The SMILES string of the molecule is COc1ccc2cn(C[C@@]3(c4ccc(-c5ncccc5OC)cc4)NC(=O)NC3=O)c(O)c2c1. The molecule has 4 aromatic rings. The number of fused-ring (bicyclic) bond motifs is 1. The zero-order chi connectivity index (χ0) is 23.9. The lowest BCUT2D eigenvalue weighted by Gasteiger charge is -2.27. The van der Waals surface area contributed by atoms with Crippen molar-refractivity contribution in [2.75, 3.05) is 14.2 Å². The molecule has 1 aliphatic heterocycles. The molecule has 2 aromatic carbocycles. The molecule has 2 aromatic heterocycles. The summed E-state index contributed by atoms with van der Waals surface area (Å²) in [6.45, 7) is -0.0142. The number of carbonyl (C=O) groups is 2. The average Bonchev–Trinajstić information content (AvgIpc) is 3.33. The number of urea groups is 1. The first-order valence-corrected chi connectivity index (χ1v) is 10.5. The molecular formula is C25H22N4O5. The van der Waals surface area contributed by atoms with Crippen molar-refractivity contribution >= 4 is 22.7 Å². The first-order valence-electron chi connectivity index (χ1n) is 10.5. The van der Waals surface area contributed by atoms with E-state index in [4.69, 9.17) is 9.47 Å². The summed E-state index contributed by atoms with van der Waals surface area (Å²) in [6.07, 6.45) is 3.41. The molecule has 3 amide bonds. The summed E-state index contributed by atoms with van der Waals surface area (Å²) in [5, 5.41) is 17.3. The zero-order valence-electron chi connectivity index (χ0n) is 18.5. The lowest BCUT2D eigenvalue weighted by atomic mass is 9.88. The number of methoxy groups -OCH3 is 2. The van der Waals surface area contributed by atoms with Gasteiger partial charge in [0.05, 0.1) is 20.8 Å². The van der Waals surface area contributed by atoms with Crippen molar-refractivity contribution < 1.29 is 24.2 Å². The Bertz CT molecular complexity index is 1410. The van der Waals surface area contributed by atoms with Gasteiger partial charge in [0.1, 0.15) is 17.2 Å². The predicted molar refractivity (Wildman–Crippen MR) is 125 cm³/mol. The smallest absolute Gasteiger partial charge is 0.322 e. The highest BCUT2D eigenvalue weighted by molar-refractivity contribution is 6.07. The average molecular weight is 458 g/mol. The van der Waals surface area contributed by atoms with E-state index in [1.54, 1.807) is 61.5 Å². The van der Waals surface area contributed by atoms with Crippen LogP contribution in [-0.4, -0.2) is 40.8 Å². The van der Waals surface area contributed by atoms with Crippen LogP contribution in [0.4, 0.5) is 4.79 Å². The molecule has 0 saturated carbocycles. The molecular weight excluding hydrogens is 436 g/mol. The van der Waals surface area contributed by atoms with Crippen LogP contribution in [0.25, 0.3) is 22.0 Å². The van der Waals surface area contributed by atoms with Crippen LogP contribution in [0.5, 0.6) is 17.4 Å². The number of carbonyl (C=O) groups excluding carboxylic acids is 2. The molecule has 3 heterocycles. The van der Waals surface area contributed by atoms with Crippen LogP contribution in [0.1, 0.15) is 5.56 Å². The van der Waals surface area contributed by atoms with E-state index in [0.717, 1.165) is 10.9 Å². The zero-order valence-corrected chi connectivity index (χ0v) is 18.5. The van der Waals surface area contributed by atoms with E-state index in [2.05, 4.69) is 15.6 Å². The maximum atomic E-state index is 13.1. The Labute approximate surface area is 194 Å². The largest absolute Gasteiger partial charge is 0.497 e. The van der Waals surface area contributed by atoms with Crippen LogP contribution in [0.2, 0.25) is 0 Å². The van der Waals surface area contributed by atoms with Gasteiger partial charge in [-0.2, -0.15) is 0 Å². The summed E-state index contributed by atoms with van der Waals surface area (Å²) < 4.78 is 12.2. The summed E-state index contributed by atoms with van der Waals surface area (Å²) in [5.74, 6) is 0.687. The first kappa shape index (κ1) is 21.3. The van der Waals surface area contributed by atoms with E-state index in [0.29, 0.717) is 28.1 Å². The molecule has 9 heteroatoms. The molecule has 0 bridgehead atoms. The Morgan fingerprint density at radius 3 is 2.53 bits per heavy atom. The molecule has 1 fully saturated rings. The molecule has 3 N–H and O–H groups in total. The lowest BCUT2D eigenvalue weighted by Crippen LogP contribution is -2.47. The molecule has 0 aliphatic carbocycles. The van der Waals surface area contributed by atoms with Gasteiger partial charge in [-0.25, -0.2) is 4.79 Å². The minimum atomic E-state index is -1.42. The number of ether oxygens (including phenoxy) is 2. The summed E-state index contributed by atoms with van der Waals surface area (Å²) in [7, 11) is 3.12. The highest BCUT2D eigenvalue weighted by Crippen LogP contribution is 2.36. The molecule has 1 aliphatic rings. The molecule has 0 spiro atoms. The van der Waals surface area contributed by atoms with Gasteiger partial charge in [0.15, 0.2) is 11.4 Å². The Balaban J connectivity index is 1.56. The van der Waals surface area contributed by atoms with E-state index in [1.165, 1.54) is 0 Å². The van der Waals surface area contributed by atoms with Gasteiger partial charge >= 0.3 is 6.03 Å². The van der Waals surface area contributed by atoms with Crippen molar-refractivity contribution in [1.82, 2.24) is 20.2 Å². The second-order valence-electron chi connectivity index (χ2n) is 7.98. The number of nitrogens with one attached hydrogen (secondary N) is 2. The molecule has 0 unspecified atom stereocenters. The fourth-order valence-electron chi connectivity index (χ4n) is 4.31. The quantitative estimate of drug-likeness (QED) is 0.383. The first-order chi connectivity index (χ1) is 16.4. The van der Waals surface area contributed by atoms with E-state index in [-0.39, 0.29) is 12.4 Å². The van der Waals surface area contributed by atoms with Gasteiger partial charge < -0.3 is 24.5 Å². The Morgan fingerprint density at radius 2 is 1.85 bits per heavy atom. The summed E-state index contributed by atoms with van der Waals surface area (Å²) in [4.78, 5) is 29.6. The highest BCUT2D eigenvalue weighted by Gasteiger charge is 2.48. The van der Waals surface area contributed by atoms with Gasteiger partial charge in [-0.1, -0.05) is 24.3 Å². The second-order valence-corrected chi connectivity index (χ2v) is 7.98. The van der Waals surface area contributed by atoms with Gasteiger partial charge in [0.25, 0.3) is 5.91 Å². The summed E-state index contributed by atoms with van der Waals surface area (Å²) in [5.41, 5.74) is 0.598. The van der Waals surface area contributed by atoms with Crippen molar-refractivity contribution in [1.29, 1.82) is 0 Å². The number of amides is 3. The molecule has 1 atom stereocenters. The van der Waals surface area contributed by atoms with Crippen molar-refractivity contribution in [3.63, 3.8) is 0 Å². The van der Waals surface area contributed by atoms with E-state index >= 15 is 0 Å². The molecule has 0 radical (unpaired) electrons. The van der Waals surface area contributed by atoms with Crippen molar-refractivity contribution in [3.05, 3.63) is 72.6 Å². The van der Waals surface area contributed by atoms with Gasteiger partial charge in [-0.3, -0.25) is 15.1 Å². The number of hydrogen-bond donors (Lipinski definition) is 3. The number of hydrogen-bond acceptors (Lipinski definition) is 6. The van der Waals surface area contributed by atoms with E-state index < -0.39 is 17.5 Å². The van der Waals surface area contributed by atoms with E-state index in [9.17, 15) is 14.7 Å². The normalized spacial score (nSPS) is 17.5. The molecule has 1 saturated heterocycles. The Morgan fingerprint density at radius 1 is 1.06 bits per heavy atom. The topological polar surface area (TPSA) is 115 Å². The van der Waals surface area contributed by atoms with E-state index in [1.807, 2.05) is 24.3 Å². The van der Waals surface area contributed by atoms with Crippen LogP contribution in [0, 0.1) is 0 Å². The minimum Gasteiger partial charge on any atom is -0.497 e. The van der Waals surface area contributed by atoms with Gasteiger partial charge in [0.2, 0.25) is 0 Å². The van der Waals surface area contributed by atoms with Crippen LogP contribution < -0.4 is 20.1 Å². The van der Waals surface area contributed by atoms with Gasteiger partial charge in [0, 0.05) is 28.7 Å². The number of benzene rings is 2. The molecule has 172 valence electrons. The third-order valence-electron chi connectivity index (χ3n) is 6.06. The third-order valence-corrected chi connectivity index (χ3v) is 6.06. The molecule has 34 heavy (non-hydrogen) atoms. The second kappa shape index (κ2) is 8.11. The maximum absolute atomic E-state index is 13.1. The van der Waals surface area contributed by atoms with Crippen molar-refractivity contribution in [2.24, 2.45) is 0 Å². The maximum Gasteiger partial charge on any atom is 0.322 e. The number of aromatic hydroxyl groups is 1. The van der Waals surface area contributed by atoms with Crippen LogP contribution in [-0.2, 0) is 16.9 Å². The number of aromatic nitrogens is 2. The highest BCUT2D eigenvalue weighted by atomic mass is 16.5. The van der Waals surface area contributed by atoms with Crippen LogP contribution in [0.3, 0.4) is 0 Å². The van der Waals surface area contributed by atoms with Crippen LogP contribution >= 0.6 is 0 Å². The lowest BCUT2D eigenvalue weighted by molar-refractivity contribution is -0.124. The molecule has 9 nitrogen and oxygen atoms in total. The van der Waals surface area contributed by atoms with Crippen LogP contribution in [0.15, 0.2) is 67.0 Å². The number of imide groups is 1. The monoisotopic (exact) mass is 458 g/mol. The van der Waals surface area contributed by atoms with Gasteiger partial charge in [-0.05, 0) is 35.9 Å². The van der Waals surface area contributed by atoms with Crippen molar-refractivity contribution in [2.45, 2.75) is 12.1 Å². The Kier molecular flexibility index (Phi) is 5.09. The fourth-order valence-corrected chi connectivity index (χ4v) is 4.31. The Hall–Kier alpha value is -4.53. The minimum absolute atomic E-state index is 0.0142.